The molecule has 0 aromatic carbocycles. The highest BCUT2D eigenvalue weighted by molar-refractivity contribution is 5.48. The summed E-state index contributed by atoms with van der Waals surface area (Å²) in [5, 5.41) is 7.09. The lowest BCUT2D eigenvalue weighted by Gasteiger charge is -2.33. The van der Waals surface area contributed by atoms with E-state index in [0.29, 0.717) is 6.04 Å². The summed E-state index contributed by atoms with van der Waals surface area (Å²) < 4.78 is 0. The topological polar surface area (TPSA) is 78.9 Å². The van der Waals surface area contributed by atoms with Crippen molar-refractivity contribution in [1.29, 1.82) is 0 Å². The highest BCUT2D eigenvalue weighted by Gasteiger charge is 2.23. The van der Waals surface area contributed by atoms with Gasteiger partial charge in [-0.2, -0.15) is 0 Å². The van der Waals surface area contributed by atoms with E-state index in [9.17, 15) is 0 Å². The first-order chi connectivity index (χ1) is 11.9. The Hall–Kier alpha value is -2.28. The molecule has 4 rings (SSSR count). The monoisotopic (exact) mass is 325 g/mol. The fraction of sp³-hybridized carbons (Fsp3) is 0.529. The SMILES string of the molecule is c1cnc(N2CCC[C@H](Nc3ncnc4c3CCNCC4)C2)nc1. The molecule has 0 aliphatic carbocycles. The van der Waals surface area contributed by atoms with E-state index in [1.165, 1.54) is 11.3 Å². The van der Waals surface area contributed by atoms with Gasteiger partial charge in [0.1, 0.15) is 12.1 Å². The first kappa shape index (κ1) is 15.3. The summed E-state index contributed by atoms with van der Waals surface area (Å²) in [6.45, 7) is 3.89. The zero-order valence-corrected chi connectivity index (χ0v) is 13.8. The molecule has 2 N–H and O–H groups in total. The number of nitrogens with one attached hydrogen (secondary N) is 2. The number of fused-ring (bicyclic) bond motifs is 1. The molecule has 2 aliphatic rings. The Bertz CT molecular complexity index is 676. The van der Waals surface area contributed by atoms with Gasteiger partial charge in [-0.1, -0.05) is 0 Å². The van der Waals surface area contributed by atoms with E-state index in [1.54, 1.807) is 18.7 Å². The van der Waals surface area contributed by atoms with Crippen molar-refractivity contribution in [2.45, 2.75) is 31.7 Å². The molecule has 2 aromatic rings. The Labute approximate surface area is 141 Å². The van der Waals surface area contributed by atoms with Gasteiger partial charge >= 0.3 is 0 Å². The smallest absolute Gasteiger partial charge is 0.225 e. The van der Waals surface area contributed by atoms with Gasteiger partial charge < -0.3 is 15.5 Å². The fourth-order valence-electron chi connectivity index (χ4n) is 3.52. The van der Waals surface area contributed by atoms with Gasteiger partial charge in [0, 0.05) is 50.1 Å². The van der Waals surface area contributed by atoms with Crippen molar-refractivity contribution in [2.24, 2.45) is 0 Å². The third-order valence-corrected chi connectivity index (χ3v) is 4.72. The van der Waals surface area contributed by atoms with Crippen LogP contribution < -0.4 is 15.5 Å². The molecule has 126 valence electrons. The second-order valence-electron chi connectivity index (χ2n) is 6.38. The van der Waals surface area contributed by atoms with E-state index in [-0.39, 0.29) is 0 Å². The predicted octanol–water partition coefficient (Wildman–Crippen LogP) is 1.04. The number of hydrogen-bond acceptors (Lipinski definition) is 7. The minimum absolute atomic E-state index is 0.359. The molecule has 1 saturated heterocycles. The van der Waals surface area contributed by atoms with Crippen LogP contribution in [0.3, 0.4) is 0 Å². The third kappa shape index (κ3) is 3.31. The van der Waals surface area contributed by atoms with E-state index in [0.717, 1.165) is 63.6 Å². The molecular weight excluding hydrogens is 302 g/mol. The van der Waals surface area contributed by atoms with Crippen LogP contribution >= 0.6 is 0 Å². The Kier molecular flexibility index (Phi) is 4.51. The normalized spacial score (nSPS) is 21.0. The summed E-state index contributed by atoms with van der Waals surface area (Å²) in [6.07, 6.45) is 9.52. The van der Waals surface area contributed by atoms with Gasteiger partial charge in [0.15, 0.2) is 0 Å². The van der Waals surface area contributed by atoms with Gasteiger partial charge in [-0.05, 0) is 31.9 Å². The van der Waals surface area contributed by atoms with E-state index >= 15 is 0 Å². The molecule has 1 fully saturated rings. The minimum atomic E-state index is 0.359. The first-order valence-corrected chi connectivity index (χ1v) is 8.72. The molecule has 7 heteroatoms. The van der Waals surface area contributed by atoms with Crippen LogP contribution in [0.1, 0.15) is 24.1 Å². The quantitative estimate of drug-likeness (QED) is 0.873. The largest absolute Gasteiger partial charge is 0.365 e. The number of piperidine rings is 1. The zero-order valence-electron chi connectivity index (χ0n) is 13.8. The van der Waals surface area contributed by atoms with Crippen molar-refractivity contribution in [3.05, 3.63) is 36.0 Å². The number of nitrogens with zero attached hydrogens (tertiary/aromatic N) is 5. The predicted molar refractivity (Wildman–Crippen MR) is 93.2 cm³/mol. The van der Waals surface area contributed by atoms with Gasteiger partial charge in [0.25, 0.3) is 0 Å². The van der Waals surface area contributed by atoms with Crippen LogP contribution in [-0.4, -0.2) is 52.2 Å². The zero-order chi connectivity index (χ0) is 16.2. The van der Waals surface area contributed by atoms with Crippen LogP contribution in [0.5, 0.6) is 0 Å². The fourth-order valence-corrected chi connectivity index (χ4v) is 3.52. The van der Waals surface area contributed by atoms with Crippen LogP contribution in [-0.2, 0) is 12.8 Å². The van der Waals surface area contributed by atoms with Crippen LogP contribution in [0.4, 0.5) is 11.8 Å². The third-order valence-electron chi connectivity index (χ3n) is 4.72. The highest BCUT2D eigenvalue weighted by atomic mass is 15.3. The lowest BCUT2D eigenvalue weighted by Crippen LogP contribution is -2.43. The Balaban J connectivity index is 1.49. The average Bonchev–Trinajstić information content (AvgIpc) is 2.89. The van der Waals surface area contributed by atoms with E-state index in [1.807, 2.05) is 6.07 Å². The molecule has 0 amide bonds. The second-order valence-corrected chi connectivity index (χ2v) is 6.38. The lowest BCUT2D eigenvalue weighted by molar-refractivity contribution is 0.521. The summed E-state index contributed by atoms with van der Waals surface area (Å²) in [5.74, 6) is 1.82. The minimum Gasteiger partial charge on any atom is -0.365 e. The van der Waals surface area contributed by atoms with Gasteiger partial charge in [0.05, 0.1) is 5.69 Å². The first-order valence-electron chi connectivity index (χ1n) is 8.72. The van der Waals surface area contributed by atoms with Crippen molar-refractivity contribution in [1.82, 2.24) is 25.3 Å². The summed E-state index contributed by atoms with van der Waals surface area (Å²) in [4.78, 5) is 20.0. The molecule has 4 heterocycles. The van der Waals surface area contributed by atoms with Gasteiger partial charge in [0.2, 0.25) is 5.95 Å². The van der Waals surface area contributed by atoms with Crippen molar-refractivity contribution in [2.75, 3.05) is 36.4 Å². The highest BCUT2D eigenvalue weighted by Crippen LogP contribution is 2.22. The molecule has 2 aromatic heterocycles. The van der Waals surface area contributed by atoms with Gasteiger partial charge in [-0.25, -0.2) is 19.9 Å². The Morgan fingerprint density at radius 2 is 1.96 bits per heavy atom. The Morgan fingerprint density at radius 1 is 1.08 bits per heavy atom. The summed E-state index contributed by atoms with van der Waals surface area (Å²) in [6, 6.07) is 2.21. The molecule has 0 unspecified atom stereocenters. The van der Waals surface area contributed by atoms with E-state index in [4.69, 9.17) is 0 Å². The molecular formula is C17H23N7. The van der Waals surface area contributed by atoms with Crippen molar-refractivity contribution in [3.8, 4) is 0 Å². The summed E-state index contributed by atoms with van der Waals surface area (Å²) in [7, 11) is 0. The number of aromatic nitrogens is 4. The molecule has 7 nitrogen and oxygen atoms in total. The maximum atomic E-state index is 4.53. The number of rotatable bonds is 3. The van der Waals surface area contributed by atoms with Crippen molar-refractivity contribution < 1.29 is 0 Å². The molecule has 0 radical (unpaired) electrons. The molecule has 2 aliphatic heterocycles. The molecule has 0 spiro atoms. The molecule has 1 atom stereocenters. The maximum Gasteiger partial charge on any atom is 0.225 e. The molecule has 24 heavy (non-hydrogen) atoms. The molecule has 0 bridgehead atoms. The van der Waals surface area contributed by atoms with Crippen LogP contribution in [0.25, 0.3) is 0 Å². The van der Waals surface area contributed by atoms with Gasteiger partial charge in [-0.3, -0.25) is 0 Å². The van der Waals surface area contributed by atoms with E-state index < -0.39 is 0 Å². The van der Waals surface area contributed by atoms with Gasteiger partial charge in [-0.15, -0.1) is 0 Å². The summed E-state index contributed by atoms with van der Waals surface area (Å²) in [5.41, 5.74) is 2.45. The van der Waals surface area contributed by atoms with Crippen LogP contribution in [0.2, 0.25) is 0 Å². The second kappa shape index (κ2) is 7.09. The van der Waals surface area contributed by atoms with E-state index in [2.05, 4.69) is 35.5 Å². The lowest BCUT2D eigenvalue weighted by atomic mass is 10.0. The average molecular weight is 325 g/mol. The number of anilines is 2. The standard InChI is InChI=1S/C17H23N7/c1-3-13(11-24(10-1)17-19-6-2-7-20-17)23-16-14-4-8-18-9-5-15(14)21-12-22-16/h2,6-7,12-13,18H,1,3-5,8-11H2,(H,21,22,23)/t13-/m0/s1. The Morgan fingerprint density at radius 3 is 2.88 bits per heavy atom. The molecule has 0 saturated carbocycles. The van der Waals surface area contributed by atoms with Crippen molar-refractivity contribution in [3.63, 3.8) is 0 Å². The number of hydrogen-bond donors (Lipinski definition) is 2. The van der Waals surface area contributed by atoms with Crippen LogP contribution in [0, 0.1) is 0 Å². The maximum absolute atomic E-state index is 4.53. The van der Waals surface area contributed by atoms with Crippen LogP contribution in [0.15, 0.2) is 24.8 Å². The summed E-state index contributed by atoms with van der Waals surface area (Å²) >= 11 is 0. The van der Waals surface area contributed by atoms with Crippen molar-refractivity contribution >= 4 is 11.8 Å².